The predicted molar refractivity (Wildman–Crippen MR) is 540 cm³/mol. The Morgan fingerprint density at radius 3 is 0.220 bits per heavy atom. The molecule has 30 nitrogen and oxygen atoms in total. The fourth-order valence-corrected chi connectivity index (χ4v) is 12.8. The second-order valence-electron chi connectivity index (χ2n) is 28.4. The van der Waals surface area contributed by atoms with Gasteiger partial charge in [0.25, 0.3) is 0 Å². The summed E-state index contributed by atoms with van der Waals surface area (Å²) in [6, 6.07) is 148. The molecule has 12 N–H and O–H groups in total. The maximum absolute atomic E-state index is 8.60. The largest absolute Gasteiger partial charge is 0.211 e. The average molecular weight is 2700 g/mol. The quantitative estimate of drug-likeness (QED) is 0.155. The standard InChI is InChI=1S/12C9H7N.6FH.18O.6Sb/c12*1-2-6-9-8(4-1)5-3-7-10-9;;;;;;;;;;;;;;;;;;;;;;;;;;;;;;/h12*1-7H;6*1H;;;;;;;;;;;;;;;;;;;;;;;;/q;;;;;;;;;;;;;;;;;;;;;;;;12*-1;;;;;;/p+12. The zero-order valence-corrected chi connectivity index (χ0v) is 94.3. The average Bonchev–Trinajstić information content (AvgIpc) is 0.950. The van der Waals surface area contributed by atoms with Gasteiger partial charge >= 0.3 is 185 Å². The number of aromatic nitrogens is 12. The normalized spacial score (nSPS) is 9.04. The van der Waals surface area contributed by atoms with Crippen LogP contribution in [0, 0.1) is 0 Å². The van der Waals surface area contributed by atoms with Gasteiger partial charge in [-0.3, -0.25) is 28.2 Å². The Balaban J connectivity index is 0.000000800. The van der Waals surface area contributed by atoms with E-state index in [1.807, 2.05) is 293 Å². The van der Waals surface area contributed by atoms with Crippen molar-refractivity contribution in [3.8, 4) is 0 Å². The van der Waals surface area contributed by atoms with E-state index >= 15 is 0 Å². The van der Waals surface area contributed by atoms with E-state index in [4.69, 9.17) is 58.7 Å². The van der Waals surface area contributed by atoms with E-state index in [9.17, 15) is 0 Å². The first-order chi connectivity index (χ1) is 70.0. The summed E-state index contributed by atoms with van der Waals surface area (Å²) in [4.78, 5) is 37.8. The number of H-pyrrole nitrogens is 12. The Labute approximate surface area is 905 Å². The Kier molecular flexibility index (Phi) is 73.7. The van der Waals surface area contributed by atoms with Gasteiger partial charge in [0.05, 0.1) is 0 Å². The van der Waals surface area contributed by atoms with E-state index in [-0.39, 0.29) is 28.2 Å². The molecule has 0 atom stereocenters. The topological polar surface area (TPSA) is 549 Å². The fourth-order valence-electron chi connectivity index (χ4n) is 12.8. The molecule has 150 heavy (non-hydrogen) atoms. The van der Waals surface area contributed by atoms with Crippen LogP contribution in [0.3, 0.4) is 0 Å². The number of para-hydroxylation sites is 12. The molecule has 774 valence electrons. The van der Waals surface area contributed by atoms with Crippen molar-refractivity contribution in [1.29, 1.82) is 0 Å². The van der Waals surface area contributed by atoms with Gasteiger partial charge in [-0.15, -0.1) is 0 Å². The summed E-state index contributed by atoms with van der Waals surface area (Å²) in [6.07, 6.45) is 23.2. The van der Waals surface area contributed by atoms with E-state index in [1.165, 1.54) is 131 Å². The van der Waals surface area contributed by atoms with Crippen LogP contribution in [0.5, 0.6) is 0 Å². The number of benzene rings is 12. The molecule has 0 saturated heterocycles. The summed E-state index contributed by atoms with van der Waals surface area (Å²) < 4.78 is 155. The van der Waals surface area contributed by atoms with Gasteiger partial charge in [0.15, 0.2) is 74.4 Å². The fraction of sp³-hybridized carbons (Fsp3) is 0. The molecule has 0 bridgehead atoms. The van der Waals surface area contributed by atoms with Gasteiger partial charge in [0, 0.05) is 210 Å². The Hall–Kier alpha value is -13.6. The zero-order valence-electron chi connectivity index (χ0n) is 79.0. The molecule has 0 unspecified atom stereocenters. The van der Waals surface area contributed by atoms with Crippen LogP contribution >= 0.6 is 0 Å². The van der Waals surface area contributed by atoms with Crippen LogP contribution in [-0.2, 0) is 18.1 Å². The van der Waals surface area contributed by atoms with E-state index < -0.39 is 126 Å². The first-order valence-corrected chi connectivity index (χ1v) is 61.9. The van der Waals surface area contributed by atoms with E-state index in [0.29, 0.717) is 0 Å². The van der Waals surface area contributed by atoms with Crippen molar-refractivity contribution >= 4 is 257 Å². The number of halogens is 6. The van der Waals surface area contributed by atoms with Gasteiger partial charge in [0.1, 0.15) is 0 Å². The number of hydrogen-bond acceptors (Lipinski definition) is 18. The Morgan fingerprint density at radius 2 is 0.160 bits per heavy atom. The van der Waals surface area contributed by atoms with Crippen LogP contribution in [0.2, 0.25) is 0 Å². The number of hydrogen-bond donors (Lipinski definition) is 0. The monoisotopic (exact) mass is 2690 g/mol. The SMILES string of the molecule is F.F.F.F.F.F.[O]=[Sb]([O-])[O-].[O]=[Sb]([O-])[O-].[O]=[Sb]([O-])[O-].[O]=[Sb]([O-])[O-].[O]=[Sb]([O-])[O-].[O]=[Sb]([O-])[O-].c1ccc2[nH+]cccc2c1.c1ccc2[nH+]cccc2c1.c1ccc2[nH+]cccc2c1.c1ccc2[nH+]cccc2c1.c1ccc2[nH+]cccc2c1.c1ccc2[nH+]cccc2c1.c1ccc2[nH+]cccc2c1.c1ccc2[nH+]cccc2c1.c1ccc2[nH+]cccc2c1.c1ccc2[nH+]cccc2c1.c1ccc2[nH+]cccc2c1.c1ccc2[nH+]cccc2c1. The molecule has 0 amide bonds. The second-order valence-corrected chi connectivity index (χ2v) is 36.1. The molecule has 12 aromatic heterocycles. The van der Waals surface area contributed by atoms with Crippen LogP contribution in [0.15, 0.2) is 511 Å². The molecule has 0 saturated carbocycles. The van der Waals surface area contributed by atoms with Gasteiger partial charge < -0.3 is 0 Å². The number of fused-ring (bicyclic) bond motifs is 12. The second kappa shape index (κ2) is 82.3. The molecule has 6 radical (unpaired) electrons. The first kappa shape index (κ1) is 134. The molecular weight excluding hydrogens is 2600 g/mol. The van der Waals surface area contributed by atoms with Gasteiger partial charge in [-0.25, -0.2) is 59.8 Å². The first-order valence-electron chi connectivity index (χ1n) is 43.1. The molecule has 12 heterocycles. The molecule has 24 aromatic rings. The van der Waals surface area contributed by atoms with E-state index in [0.717, 1.165) is 0 Å². The summed E-state index contributed by atoms with van der Waals surface area (Å²) in [5.41, 5.74) is 14.2. The van der Waals surface area contributed by atoms with E-state index in [2.05, 4.69) is 278 Å². The number of nitrogens with one attached hydrogen (secondary N) is 12. The molecule has 0 fully saturated rings. The summed E-state index contributed by atoms with van der Waals surface area (Å²) in [5, 5.41) is 15.1. The van der Waals surface area contributed by atoms with Gasteiger partial charge in [0.2, 0.25) is 66.2 Å². The smallest absolute Gasteiger partial charge is 0.210 e. The van der Waals surface area contributed by atoms with Crippen molar-refractivity contribution in [2.24, 2.45) is 0 Å². The zero-order chi connectivity index (χ0) is 103. The van der Waals surface area contributed by atoms with Gasteiger partial charge in [-0.05, 0) is 146 Å². The maximum Gasteiger partial charge on any atom is 0.210 e. The van der Waals surface area contributed by atoms with Crippen molar-refractivity contribution in [2.45, 2.75) is 0 Å². The van der Waals surface area contributed by atoms with Crippen LogP contribution in [0.4, 0.5) is 28.2 Å². The Bertz CT molecular complexity index is 5590. The van der Waals surface area contributed by atoms with Gasteiger partial charge in [-0.1, -0.05) is 146 Å². The molecule has 24 rings (SSSR count). The van der Waals surface area contributed by atoms with Crippen molar-refractivity contribution in [3.05, 3.63) is 511 Å². The number of pyridine rings is 12. The van der Waals surface area contributed by atoms with Crippen molar-refractivity contribution in [3.63, 3.8) is 0 Å². The summed E-state index contributed by atoms with van der Waals surface area (Å²) >= 11 is -25.2. The van der Waals surface area contributed by atoms with Crippen molar-refractivity contribution in [1.82, 2.24) is 0 Å². The van der Waals surface area contributed by atoms with Crippen LogP contribution in [0.25, 0.3) is 131 Å². The number of rotatable bonds is 0. The molecule has 0 aliphatic heterocycles. The summed E-state index contributed by atoms with van der Waals surface area (Å²) in [6.45, 7) is 0. The van der Waals surface area contributed by atoms with Crippen LogP contribution in [0.1, 0.15) is 0 Å². The molecular formula is C108H102F6N12O18Sb6. The molecule has 12 aromatic carbocycles. The van der Waals surface area contributed by atoms with E-state index in [1.54, 1.807) is 0 Å². The molecule has 42 heteroatoms. The summed E-state index contributed by atoms with van der Waals surface area (Å²) in [7, 11) is 0. The predicted octanol–water partition coefficient (Wildman–Crippen LogP) is 3.50. The van der Waals surface area contributed by atoms with Crippen molar-refractivity contribution < 1.29 is 147 Å². The minimum atomic E-state index is -4.20. The summed E-state index contributed by atoms with van der Waals surface area (Å²) in [5.74, 6) is 0. The third kappa shape index (κ3) is 58.4. The Morgan fingerprint density at radius 1 is 0.107 bits per heavy atom. The third-order valence-electron chi connectivity index (χ3n) is 18.9. The third-order valence-corrected chi connectivity index (χ3v) is 18.9. The maximum atomic E-state index is 8.60. The van der Waals surface area contributed by atoms with Crippen LogP contribution in [-0.4, -0.2) is 126 Å². The molecule has 0 spiro atoms. The minimum Gasteiger partial charge on any atom is -0.211 e. The van der Waals surface area contributed by atoms with Gasteiger partial charge in [-0.2, -0.15) is 0 Å². The molecule has 0 aliphatic carbocycles. The molecule has 0 aliphatic rings. The minimum absolute atomic E-state index is 0. The van der Waals surface area contributed by atoms with Crippen LogP contribution < -0.4 is 100 Å². The van der Waals surface area contributed by atoms with Crippen molar-refractivity contribution in [2.75, 3.05) is 0 Å². The number of aromatic amines is 12.